The number of fused-ring (bicyclic) bond motifs is 3. The largest absolute Gasteiger partial charge is 0.305 e. The van der Waals surface area contributed by atoms with Gasteiger partial charge in [0.15, 0.2) is 0 Å². The summed E-state index contributed by atoms with van der Waals surface area (Å²) in [6, 6.07) is 45.5. The van der Waals surface area contributed by atoms with Crippen molar-refractivity contribution in [3.63, 3.8) is 0 Å². The van der Waals surface area contributed by atoms with Gasteiger partial charge in [0, 0.05) is 62.0 Å². The molecule has 5 heteroatoms. The molecular weight excluding hydrogens is 753 g/mol. The Morgan fingerprint density at radius 1 is 0.532 bits per heavy atom. The minimum Gasteiger partial charge on any atom is -0.305 e. The number of nitrogens with zero attached hydrogens (tertiary/aromatic N) is 4. The van der Waals surface area contributed by atoms with Gasteiger partial charge in [0.25, 0.3) is 0 Å². The van der Waals surface area contributed by atoms with Crippen LogP contribution in [0, 0.1) is 26.0 Å². The summed E-state index contributed by atoms with van der Waals surface area (Å²) >= 11 is 0. The third-order valence-electron chi connectivity index (χ3n) is 7.99. The average Bonchev–Trinajstić information content (AvgIpc) is 3.12. The number of hydrogen-bond donors (Lipinski definition) is 0. The van der Waals surface area contributed by atoms with Gasteiger partial charge in [-0.1, -0.05) is 66.6 Å². The van der Waals surface area contributed by atoms with Gasteiger partial charge in [0.2, 0.25) is 0 Å². The summed E-state index contributed by atoms with van der Waals surface area (Å²) in [6.45, 7) is 4.19. The first-order valence-electron chi connectivity index (χ1n) is 15.2. The van der Waals surface area contributed by atoms with Gasteiger partial charge in [-0.05, 0) is 70.5 Å². The van der Waals surface area contributed by atoms with E-state index in [-0.39, 0.29) is 20.1 Å². The molecule has 0 spiro atoms. The van der Waals surface area contributed by atoms with Crippen LogP contribution in [0.5, 0.6) is 0 Å². The molecule has 0 bridgehead atoms. The Balaban J connectivity index is 0.000000250. The predicted molar refractivity (Wildman–Crippen MR) is 188 cm³/mol. The molecule has 8 aromatic rings. The normalized spacial score (nSPS) is 10.6. The van der Waals surface area contributed by atoms with Gasteiger partial charge in [-0.2, -0.15) is 0 Å². The van der Waals surface area contributed by atoms with Crippen LogP contribution in [0.4, 0.5) is 0 Å². The molecule has 0 aliphatic carbocycles. The van der Waals surface area contributed by atoms with Crippen molar-refractivity contribution in [2.45, 2.75) is 13.8 Å². The van der Waals surface area contributed by atoms with Gasteiger partial charge in [-0.3, -0.25) is 9.97 Å². The van der Waals surface area contributed by atoms with Crippen LogP contribution in [-0.2, 0) is 20.1 Å². The topological polar surface area (TPSA) is 51.6 Å². The Bertz CT molecular complexity index is 2250. The molecule has 0 atom stereocenters. The van der Waals surface area contributed by atoms with Crippen LogP contribution < -0.4 is 0 Å². The molecule has 0 unspecified atom stereocenters. The minimum atomic E-state index is 0. The van der Waals surface area contributed by atoms with E-state index >= 15 is 0 Å². The molecule has 0 aliphatic rings. The quantitative estimate of drug-likeness (QED) is 0.132. The van der Waals surface area contributed by atoms with Crippen molar-refractivity contribution >= 4 is 21.7 Å². The van der Waals surface area contributed by atoms with Crippen LogP contribution in [0.25, 0.3) is 66.4 Å². The standard InChI is InChI=1S/C31H22N3.C11H8N.Ir/c1-20-11-13-34-30(14-20)22-10-9-21(2)28(16-22)23-15-24(19-32-18-23)29-17-31-27(8-5-12-33-31)25-6-3-4-7-26(25)29;1-2-6-10(7-3-1)11-8-4-5-9-12-11;/h3-9,11-19H,1-2H3;1-6,8-9H;/q2*-1;. The molecule has 4 nitrogen and oxygen atoms in total. The van der Waals surface area contributed by atoms with E-state index in [0.717, 1.165) is 61.2 Å². The van der Waals surface area contributed by atoms with Gasteiger partial charge in [0.1, 0.15) is 0 Å². The molecular formula is C42H30IrN4-2. The third kappa shape index (κ3) is 6.92. The van der Waals surface area contributed by atoms with Crippen molar-refractivity contribution in [3.8, 4) is 44.8 Å². The van der Waals surface area contributed by atoms with Crippen molar-refractivity contribution in [2.24, 2.45) is 0 Å². The fourth-order valence-corrected chi connectivity index (χ4v) is 5.68. The molecule has 0 saturated carbocycles. The number of pyridine rings is 4. The van der Waals surface area contributed by atoms with Crippen molar-refractivity contribution in [2.75, 3.05) is 0 Å². The summed E-state index contributed by atoms with van der Waals surface area (Å²) in [5.41, 5.74) is 11.7. The van der Waals surface area contributed by atoms with Crippen LogP contribution in [0.15, 0.2) is 146 Å². The molecule has 47 heavy (non-hydrogen) atoms. The second-order valence-corrected chi connectivity index (χ2v) is 11.2. The molecule has 0 fully saturated rings. The number of rotatable bonds is 4. The number of benzene rings is 4. The van der Waals surface area contributed by atoms with E-state index in [1.165, 1.54) is 16.3 Å². The van der Waals surface area contributed by atoms with Gasteiger partial charge in [0.05, 0.1) is 5.52 Å². The van der Waals surface area contributed by atoms with E-state index in [4.69, 9.17) is 0 Å². The van der Waals surface area contributed by atoms with E-state index < -0.39 is 0 Å². The molecule has 0 N–H and O–H groups in total. The van der Waals surface area contributed by atoms with E-state index in [2.05, 4.69) is 101 Å². The Hall–Kier alpha value is -5.35. The molecule has 4 aromatic heterocycles. The smallest absolute Gasteiger partial charge is 0.0714 e. The Morgan fingerprint density at radius 2 is 1.28 bits per heavy atom. The summed E-state index contributed by atoms with van der Waals surface area (Å²) in [7, 11) is 0. The molecule has 0 saturated heterocycles. The number of hydrogen-bond acceptors (Lipinski definition) is 4. The molecule has 8 rings (SSSR count). The minimum absolute atomic E-state index is 0. The van der Waals surface area contributed by atoms with Crippen LogP contribution >= 0.6 is 0 Å². The first-order chi connectivity index (χ1) is 22.6. The molecule has 1 radical (unpaired) electrons. The fraction of sp³-hybridized carbons (Fsp3) is 0.0476. The zero-order chi connectivity index (χ0) is 31.3. The molecule has 229 valence electrons. The summed E-state index contributed by atoms with van der Waals surface area (Å²) in [6.07, 6.45) is 9.35. The van der Waals surface area contributed by atoms with Crippen LogP contribution in [0.2, 0.25) is 0 Å². The van der Waals surface area contributed by atoms with E-state index in [1.54, 1.807) is 6.20 Å². The van der Waals surface area contributed by atoms with E-state index in [0.29, 0.717) is 0 Å². The van der Waals surface area contributed by atoms with Crippen molar-refractivity contribution in [1.82, 2.24) is 19.9 Å². The zero-order valence-corrected chi connectivity index (χ0v) is 28.4. The first-order valence-corrected chi connectivity index (χ1v) is 15.2. The van der Waals surface area contributed by atoms with Crippen LogP contribution in [0.1, 0.15) is 11.1 Å². The average molecular weight is 783 g/mol. The molecule has 0 amide bonds. The Labute approximate surface area is 288 Å². The molecule has 0 aliphatic heterocycles. The SMILES string of the molecule is Cc1ccnc(-c2[c-]cc(C)c(-c3cncc(-c4cc5ncccc5c5ccccc45)c3)c2)c1.[Ir].[c-]1ccccc1-c1ccccn1. The van der Waals surface area contributed by atoms with Crippen LogP contribution in [0.3, 0.4) is 0 Å². The summed E-state index contributed by atoms with van der Waals surface area (Å²) in [5, 5.41) is 3.56. The monoisotopic (exact) mass is 783 g/mol. The van der Waals surface area contributed by atoms with Crippen molar-refractivity contribution in [3.05, 3.63) is 170 Å². The first kappa shape index (κ1) is 31.6. The second kappa shape index (κ2) is 14.4. The number of aryl methyl sites for hydroxylation is 2. The maximum absolute atomic E-state index is 4.64. The van der Waals surface area contributed by atoms with Crippen LogP contribution in [-0.4, -0.2) is 19.9 Å². The van der Waals surface area contributed by atoms with Crippen molar-refractivity contribution in [1.29, 1.82) is 0 Å². The molecule has 4 heterocycles. The van der Waals surface area contributed by atoms with E-state index in [1.807, 2.05) is 85.5 Å². The van der Waals surface area contributed by atoms with Gasteiger partial charge < -0.3 is 9.97 Å². The Morgan fingerprint density at radius 3 is 2.06 bits per heavy atom. The fourth-order valence-electron chi connectivity index (χ4n) is 5.68. The summed E-state index contributed by atoms with van der Waals surface area (Å²) in [4.78, 5) is 18.0. The van der Waals surface area contributed by atoms with Crippen molar-refractivity contribution < 1.29 is 20.1 Å². The van der Waals surface area contributed by atoms with Gasteiger partial charge in [-0.15, -0.1) is 65.2 Å². The summed E-state index contributed by atoms with van der Waals surface area (Å²) in [5.74, 6) is 0. The molecule has 4 aromatic carbocycles. The zero-order valence-electron chi connectivity index (χ0n) is 26.0. The maximum Gasteiger partial charge on any atom is 0.0714 e. The third-order valence-corrected chi connectivity index (χ3v) is 7.99. The Kier molecular flexibility index (Phi) is 9.68. The van der Waals surface area contributed by atoms with Gasteiger partial charge in [-0.25, -0.2) is 0 Å². The van der Waals surface area contributed by atoms with Gasteiger partial charge >= 0.3 is 0 Å². The number of aromatic nitrogens is 4. The predicted octanol–water partition coefficient (Wildman–Crippen LogP) is 10.1. The van der Waals surface area contributed by atoms with E-state index in [9.17, 15) is 0 Å². The second-order valence-electron chi connectivity index (χ2n) is 11.2. The summed E-state index contributed by atoms with van der Waals surface area (Å²) < 4.78 is 0. The maximum atomic E-state index is 4.64.